The first-order chi connectivity index (χ1) is 12.7. The summed E-state index contributed by atoms with van der Waals surface area (Å²) in [6.07, 6.45) is 4.99. The third-order valence-corrected chi connectivity index (χ3v) is 6.37. The van der Waals surface area contributed by atoms with Gasteiger partial charge in [-0.1, -0.05) is 35.4 Å². The molecule has 0 fully saturated rings. The summed E-state index contributed by atoms with van der Waals surface area (Å²) in [5.41, 5.74) is 7.34. The number of aryl methyl sites for hydroxylation is 3. The second kappa shape index (κ2) is 6.44. The molecule has 2 aromatic carbocycles. The van der Waals surface area contributed by atoms with Gasteiger partial charge in [0.2, 0.25) is 0 Å². The van der Waals surface area contributed by atoms with E-state index in [0.717, 1.165) is 24.7 Å². The van der Waals surface area contributed by atoms with E-state index in [9.17, 15) is 0 Å². The summed E-state index contributed by atoms with van der Waals surface area (Å²) in [4.78, 5) is 2.69. The van der Waals surface area contributed by atoms with Crippen LogP contribution in [0.25, 0.3) is 10.9 Å². The van der Waals surface area contributed by atoms with Gasteiger partial charge in [-0.15, -0.1) is 0 Å². The summed E-state index contributed by atoms with van der Waals surface area (Å²) >= 11 is 6.23. The predicted octanol–water partition coefficient (Wildman–Crippen LogP) is 5.89. The van der Waals surface area contributed by atoms with Crippen LogP contribution < -0.4 is 0 Å². The Bertz CT molecular complexity index is 968. The fourth-order valence-corrected chi connectivity index (χ4v) is 5.27. The maximum absolute atomic E-state index is 6.23. The Balaban J connectivity index is 1.60. The lowest BCUT2D eigenvalue weighted by Crippen LogP contribution is -2.31. The minimum Gasteiger partial charge on any atom is -0.343 e. The second-order valence-corrected chi connectivity index (χ2v) is 8.33. The first-order valence-corrected chi connectivity index (χ1v) is 10.2. The topological polar surface area (TPSA) is 8.17 Å². The predicted molar refractivity (Wildman–Crippen MR) is 109 cm³/mol. The fraction of sp³-hybridized carbons (Fsp3) is 0.391. The van der Waals surface area contributed by atoms with Crippen LogP contribution in [0.4, 0.5) is 0 Å². The van der Waals surface area contributed by atoms with Crippen molar-refractivity contribution < 1.29 is 0 Å². The Morgan fingerprint density at radius 2 is 2.00 bits per heavy atom. The summed E-state index contributed by atoms with van der Waals surface area (Å²) in [7, 11) is 0. The molecule has 1 atom stereocenters. The van der Waals surface area contributed by atoms with Crippen molar-refractivity contribution in [3.05, 3.63) is 69.9 Å². The Morgan fingerprint density at radius 3 is 2.88 bits per heavy atom. The smallest absolute Gasteiger partial charge is 0.0507 e. The Morgan fingerprint density at radius 1 is 1.08 bits per heavy atom. The van der Waals surface area contributed by atoms with E-state index < -0.39 is 0 Å². The van der Waals surface area contributed by atoms with Gasteiger partial charge in [0.1, 0.15) is 0 Å². The standard InChI is InChI=1S/C23H25ClN2/c1-16-9-10-21-20(13-16)19-7-3-8-22-23(19)26(21)12-4-11-25(22)15-17-5-2-6-18(24)14-17/h2,5-6,9-10,13-14,22H,3-4,7-8,11-12,15H2,1H3/t22-/m0/s1. The molecule has 2 aliphatic rings. The molecule has 0 saturated heterocycles. The van der Waals surface area contributed by atoms with E-state index in [1.54, 1.807) is 11.3 Å². The molecule has 1 aliphatic carbocycles. The molecule has 26 heavy (non-hydrogen) atoms. The molecule has 0 N–H and O–H groups in total. The highest BCUT2D eigenvalue weighted by Gasteiger charge is 2.33. The number of hydrogen-bond donors (Lipinski definition) is 0. The number of rotatable bonds is 2. The average molecular weight is 365 g/mol. The minimum atomic E-state index is 0.535. The molecular formula is C23H25ClN2. The summed E-state index contributed by atoms with van der Waals surface area (Å²) in [6.45, 7) is 5.50. The summed E-state index contributed by atoms with van der Waals surface area (Å²) in [5, 5.41) is 2.33. The molecule has 0 spiro atoms. The second-order valence-electron chi connectivity index (χ2n) is 7.90. The maximum atomic E-state index is 6.23. The molecule has 0 saturated carbocycles. The van der Waals surface area contributed by atoms with Crippen LogP contribution in [0, 0.1) is 6.92 Å². The van der Waals surface area contributed by atoms with Crippen LogP contribution in [-0.4, -0.2) is 16.0 Å². The molecule has 5 rings (SSSR count). The molecule has 3 heteroatoms. The molecule has 0 bridgehead atoms. The lowest BCUT2D eigenvalue weighted by atomic mass is 9.90. The third-order valence-electron chi connectivity index (χ3n) is 6.13. The van der Waals surface area contributed by atoms with E-state index in [2.05, 4.69) is 52.8 Å². The van der Waals surface area contributed by atoms with Crippen molar-refractivity contribution in [2.75, 3.05) is 6.54 Å². The van der Waals surface area contributed by atoms with E-state index in [1.807, 2.05) is 6.07 Å². The van der Waals surface area contributed by atoms with Crippen LogP contribution in [0.2, 0.25) is 5.02 Å². The zero-order chi connectivity index (χ0) is 17.7. The largest absolute Gasteiger partial charge is 0.343 e. The average Bonchev–Trinajstić information content (AvgIpc) is 2.82. The van der Waals surface area contributed by atoms with Crippen molar-refractivity contribution in [2.45, 2.75) is 51.7 Å². The van der Waals surface area contributed by atoms with Crippen LogP contribution in [0.1, 0.15) is 47.7 Å². The minimum absolute atomic E-state index is 0.535. The van der Waals surface area contributed by atoms with E-state index in [0.29, 0.717) is 6.04 Å². The zero-order valence-corrected chi connectivity index (χ0v) is 16.1. The lowest BCUT2D eigenvalue weighted by molar-refractivity contribution is 0.173. The molecule has 0 radical (unpaired) electrons. The number of hydrogen-bond acceptors (Lipinski definition) is 1. The van der Waals surface area contributed by atoms with Gasteiger partial charge in [-0.3, -0.25) is 4.90 Å². The van der Waals surface area contributed by atoms with Crippen LogP contribution in [0.5, 0.6) is 0 Å². The number of halogens is 1. The first kappa shape index (κ1) is 16.4. The Labute approximate surface area is 160 Å². The Hall–Kier alpha value is -1.77. The van der Waals surface area contributed by atoms with Gasteiger partial charge in [-0.2, -0.15) is 0 Å². The van der Waals surface area contributed by atoms with Crippen LogP contribution in [0.3, 0.4) is 0 Å². The van der Waals surface area contributed by atoms with E-state index >= 15 is 0 Å². The number of aromatic nitrogens is 1. The normalized spacial score (nSPS) is 20.2. The van der Waals surface area contributed by atoms with Crippen LogP contribution >= 0.6 is 11.6 Å². The third kappa shape index (κ3) is 2.67. The molecular weight excluding hydrogens is 340 g/mol. The van der Waals surface area contributed by atoms with E-state index in [4.69, 9.17) is 11.6 Å². The van der Waals surface area contributed by atoms with Gasteiger partial charge in [-0.05, 0) is 68.0 Å². The van der Waals surface area contributed by atoms with Crippen LogP contribution in [0.15, 0.2) is 42.5 Å². The van der Waals surface area contributed by atoms with Gasteiger partial charge >= 0.3 is 0 Å². The zero-order valence-electron chi connectivity index (χ0n) is 15.3. The van der Waals surface area contributed by atoms with Gasteiger partial charge in [0.25, 0.3) is 0 Å². The molecule has 3 aromatic rings. The van der Waals surface area contributed by atoms with Crippen molar-refractivity contribution in [3.63, 3.8) is 0 Å². The van der Waals surface area contributed by atoms with Crippen molar-refractivity contribution in [2.24, 2.45) is 0 Å². The van der Waals surface area contributed by atoms with Crippen molar-refractivity contribution in [1.29, 1.82) is 0 Å². The fourth-order valence-electron chi connectivity index (χ4n) is 5.05. The first-order valence-electron chi connectivity index (χ1n) is 9.81. The highest BCUT2D eigenvalue weighted by atomic mass is 35.5. The van der Waals surface area contributed by atoms with Gasteiger partial charge in [0.15, 0.2) is 0 Å². The summed E-state index contributed by atoms with van der Waals surface area (Å²) < 4.78 is 2.63. The molecule has 1 aliphatic heterocycles. The van der Waals surface area contributed by atoms with Gasteiger partial charge in [0, 0.05) is 41.3 Å². The van der Waals surface area contributed by atoms with E-state index in [1.165, 1.54) is 47.7 Å². The number of nitrogens with zero attached hydrogens (tertiary/aromatic N) is 2. The van der Waals surface area contributed by atoms with Crippen molar-refractivity contribution >= 4 is 22.5 Å². The van der Waals surface area contributed by atoms with Crippen molar-refractivity contribution in [1.82, 2.24) is 9.47 Å². The highest BCUT2D eigenvalue weighted by Crippen LogP contribution is 2.42. The molecule has 2 heterocycles. The number of benzene rings is 2. The molecule has 0 amide bonds. The quantitative estimate of drug-likeness (QED) is 0.550. The SMILES string of the molecule is Cc1ccc2c(c1)c1c3n2CCCN(Cc2cccc(Cl)c2)[C@H]3CCC1. The van der Waals surface area contributed by atoms with Crippen LogP contribution in [-0.2, 0) is 19.5 Å². The lowest BCUT2D eigenvalue weighted by Gasteiger charge is -2.33. The Kier molecular flexibility index (Phi) is 4.06. The van der Waals surface area contributed by atoms with Gasteiger partial charge in [-0.25, -0.2) is 0 Å². The van der Waals surface area contributed by atoms with Gasteiger partial charge in [0.05, 0.1) is 6.04 Å². The summed E-state index contributed by atoms with van der Waals surface area (Å²) in [5.74, 6) is 0. The van der Waals surface area contributed by atoms with Crippen molar-refractivity contribution in [3.8, 4) is 0 Å². The van der Waals surface area contributed by atoms with Gasteiger partial charge < -0.3 is 4.57 Å². The molecule has 1 aromatic heterocycles. The maximum Gasteiger partial charge on any atom is 0.0507 e. The highest BCUT2D eigenvalue weighted by molar-refractivity contribution is 6.30. The monoisotopic (exact) mass is 364 g/mol. The van der Waals surface area contributed by atoms with E-state index in [-0.39, 0.29) is 0 Å². The molecule has 2 nitrogen and oxygen atoms in total. The molecule has 0 unspecified atom stereocenters. The number of fused-ring (bicyclic) bond motifs is 3. The molecule has 134 valence electrons. The summed E-state index contributed by atoms with van der Waals surface area (Å²) in [6, 6.07) is 15.9.